The molecule has 0 radical (unpaired) electrons. The number of fused-ring (bicyclic) bond motifs is 1. The second-order valence-corrected chi connectivity index (χ2v) is 11.9. The van der Waals surface area contributed by atoms with Gasteiger partial charge in [-0.1, -0.05) is 0 Å². The first-order chi connectivity index (χ1) is 18.2. The Balaban J connectivity index is 1.87. The smallest absolute Gasteiger partial charge is 0.444 e. The van der Waals surface area contributed by atoms with E-state index in [1.807, 2.05) is 4.72 Å². The molecule has 1 atom stereocenters. The second kappa shape index (κ2) is 11.2. The Morgan fingerprint density at radius 3 is 2.27 bits per heavy atom. The lowest BCUT2D eigenvalue weighted by atomic mass is 10.0. The number of hydrogen-bond donors (Lipinski definition) is 2. The number of aromatic nitrogens is 2. The van der Waals surface area contributed by atoms with Crippen molar-refractivity contribution in [2.24, 2.45) is 0 Å². The number of hydrogen-bond acceptors (Lipinski definition) is 6. The van der Waals surface area contributed by atoms with E-state index in [0.29, 0.717) is 12.1 Å². The molecule has 2 amide bonds. The van der Waals surface area contributed by atoms with Gasteiger partial charge in [0.1, 0.15) is 11.4 Å². The number of alkyl carbamates (subject to hydrolysis) is 1. The van der Waals surface area contributed by atoms with Gasteiger partial charge in [-0.05, 0) is 38.8 Å². The number of amides is 2. The third-order valence-electron chi connectivity index (χ3n) is 5.59. The number of nitrogens with zero attached hydrogens (tertiary/aromatic N) is 3. The van der Waals surface area contributed by atoms with Crippen LogP contribution in [0.25, 0.3) is 0 Å². The molecule has 1 aromatic carbocycles. The Kier molecular flexibility index (Phi) is 8.67. The summed E-state index contributed by atoms with van der Waals surface area (Å²) < 4.78 is 113. The van der Waals surface area contributed by atoms with Gasteiger partial charge >= 0.3 is 12.3 Å². The number of benzene rings is 1. The van der Waals surface area contributed by atoms with Crippen LogP contribution in [0.3, 0.4) is 0 Å². The molecule has 0 bridgehead atoms. The lowest BCUT2D eigenvalue weighted by Gasteiger charge is -2.31. The molecule has 1 aliphatic heterocycles. The summed E-state index contributed by atoms with van der Waals surface area (Å²) in [5, 5.41) is 2.39. The number of sulfonamides is 1. The highest BCUT2D eigenvalue weighted by atomic mass is 32.2. The van der Waals surface area contributed by atoms with Gasteiger partial charge in [0, 0.05) is 31.6 Å². The summed E-state index contributed by atoms with van der Waals surface area (Å²) in [7, 11) is -4.02. The maximum absolute atomic E-state index is 14.3. The first-order valence-corrected chi connectivity index (χ1v) is 13.7. The molecule has 222 valence electrons. The Hall–Kier alpha value is -3.50. The quantitative estimate of drug-likeness (QED) is 0.371. The number of ether oxygens (including phenoxy) is 1. The molecule has 2 N–H and O–H groups in total. The fourth-order valence-corrected chi connectivity index (χ4v) is 4.54. The molecule has 17 heteroatoms. The van der Waals surface area contributed by atoms with Gasteiger partial charge in [0.2, 0.25) is 21.8 Å². The SMILES string of the molecule is CC(C)(C)OC(=O)NC(CC(=O)N1CCn2c(C(F)(F)F)nc(NS(C)(=O)=O)c2C1)Cc1cc(F)c(F)cc1F. The zero-order valence-corrected chi connectivity index (χ0v) is 22.6. The zero-order chi connectivity index (χ0) is 30.2. The van der Waals surface area contributed by atoms with Crippen LogP contribution < -0.4 is 10.0 Å². The molecule has 1 unspecified atom stereocenters. The predicted octanol–water partition coefficient (Wildman–Crippen LogP) is 3.56. The van der Waals surface area contributed by atoms with Crippen molar-refractivity contribution in [2.45, 2.75) is 64.5 Å². The van der Waals surface area contributed by atoms with E-state index in [1.165, 1.54) is 0 Å². The minimum absolute atomic E-state index is 0.222. The first-order valence-electron chi connectivity index (χ1n) is 11.8. The Morgan fingerprint density at radius 2 is 1.70 bits per heavy atom. The average molecular weight is 600 g/mol. The maximum Gasteiger partial charge on any atom is 0.449 e. The highest BCUT2D eigenvalue weighted by Gasteiger charge is 2.41. The van der Waals surface area contributed by atoms with Crippen LogP contribution in [0.1, 0.15) is 44.3 Å². The van der Waals surface area contributed by atoms with E-state index in [9.17, 15) is 44.3 Å². The van der Waals surface area contributed by atoms with Crippen LogP contribution in [0.15, 0.2) is 12.1 Å². The van der Waals surface area contributed by atoms with Crippen LogP contribution in [-0.4, -0.2) is 59.3 Å². The number of halogens is 6. The van der Waals surface area contributed by atoms with E-state index in [0.717, 1.165) is 15.7 Å². The van der Waals surface area contributed by atoms with Crippen molar-refractivity contribution in [3.8, 4) is 0 Å². The van der Waals surface area contributed by atoms with Crippen LogP contribution in [0.5, 0.6) is 0 Å². The summed E-state index contributed by atoms with van der Waals surface area (Å²) >= 11 is 0. The van der Waals surface area contributed by atoms with E-state index >= 15 is 0 Å². The summed E-state index contributed by atoms with van der Waals surface area (Å²) in [5.41, 5.74) is -1.52. The van der Waals surface area contributed by atoms with E-state index < -0.39 is 88.3 Å². The largest absolute Gasteiger partial charge is 0.449 e. The van der Waals surface area contributed by atoms with Crippen LogP contribution >= 0.6 is 0 Å². The summed E-state index contributed by atoms with van der Waals surface area (Å²) in [6.45, 7) is 3.61. The molecule has 10 nitrogen and oxygen atoms in total. The molecule has 40 heavy (non-hydrogen) atoms. The lowest BCUT2D eigenvalue weighted by molar-refractivity contribution is -0.148. The van der Waals surface area contributed by atoms with Crippen molar-refractivity contribution < 1.29 is 49.1 Å². The molecule has 0 fully saturated rings. The van der Waals surface area contributed by atoms with Crippen LogP contribution in [0.2, 0.25) is 0 Å². The van der Waals surface area contributed by atoms with Crippen LogP contribution in [-0.2, 0) is 45.2 Å². The van der Waals surface area contributed by atoms with Gasteiger partial charge < -0.3 is 19.5 Å². The zero-order valence-electron chi connectivity index (χ0n) is 21.8. The number of anilines is 1. The van der Waals surface area contributed by atoms with E-state index in [1.54, 1.807) is 20.8 Å². The van der Waals surface area contributed by atoms with E-state index in [-0.39, 0.29) is 24.3 Å². The molecule has 1 aromatic heterocycles. The minimum atomic E-state index is -4.91. The summed E-state index contributed by atoms with van der Waals surface area (Å²) in [6, 6.07) is -0.301. The van der Waals surface area contributed by atoms with E-state index in [4.69, 9.17) is 4.74 Å². The summed E-state index contributed by atoms with van der Waals surface area (Å²) in [5.74, 6) is -6.57. The highest BCUT2D eigenvalue weighted by molar-refractivity contribution is 7.92. The van der Waals surface area contributed by atoms with Crippen molar-refractivity contribution in [1.29, 1.82) is 0 Å². The van der Waals surface area contributed by atoms with Gasteiger partial charge in [0.15, 0.2) is 17.5 Å². The van der Waals surface area contributed by atoms with Gasteiger partial charge in [-0.25, -0.2) is 31.4 Å². The van der Waals surface area contributed by atoms with Crippen molar-refractivity contribution >= 4 is 27.8 Å². The summed E-state index contributed by atoms with van der Waals surface area (Å²) in [6.07, 6.45) is -6.16. The number of rotatable bonds is 7. The van der Waals surface area contributed by atoms with E-state index in [2.05, 4.69) is 10.3 Å². The molecular formula is C23H27F6N5O5S. The molecule has 0 saturated carbocycles. The summed E-state index contributed by atoms with van der Waals surface area (Å²) in [4.78, 5) is 30.1. The third-order valence-corrected chi connectivity index (χ3v) is 6.16. The molecule has 1 aliphatic rings. The molecule has 2 aromatic rings. The third kappa shape index (κ3) is 8.02. The number of alkyl halides is 3. The second-order valence-electron chi connectivity index (χ2n) is 10.2. The monoisotopic (exact) mass is 599 g/mol. The number of carbonyl (C=O) groups excluding carboxylic acids is 2. The fourth-order valence-electron chi connectivity index (χ4n) is 4.03. The molecular weight excluding hydrogens is 572 g/mol. The minimum Gasteiger partial charge on any atom is -0.444 e. The molecule has 2 heterocycles. The molecule has 0 aliphatic carbocycles. The maximum atomic E-state index is 14.3. The van der Waals surface area contributed by atoms with Gasteiger partial charge in [-0.15, -0.1) is 0 Å². The van der Waals surface area contributed by atoms with Gasteiger partial charge in [0.05, 0.1) is 18.5 Å². The highest BCUT2D eigenvalue weighted by Crippen LogP contribution is 2.34. The van der Waals surface area contributed by atoms with Crippen molar-refractivity contribution in [3.05, 3.63) is 46.7 Å². The number of imidazole rings is 1. The predicted molar refractivity (Wildman–Crippen MR) is 129 cm³/mol. The fraction of sp³-hybridized carbons (Fsp3) is 0.522. The Labute approximate surface area is 225 Å². The van der Waals surface area contributed by atoms with Gasteiger partial charge in [-0.2, -0.15) is 13.2 Å². The molecule has 3 rings (SSSR count). The molecule has 0 spiro atoms. The number of carbonyl (C=O) groups is 2. The first kappa shape index (κ1) is 31.0. The van der Waals surface area contributed by atoms with Crippen molar-refractivity contribution in [3.63, 3.8) is 0 Å². The van der Waals surface area contributed by atoms with Crippen LogP contribution in [0.4, 0.5) is 37.0 Å². The number of nitrogens with one attached hydrogen (secondary N) is 2. The normalized spacial score (nSPS) is 14.9. The lowest BCUT2D eigenvalue weighted by Crippen LogP contribution is -2.45. The standard InChI is InChI=1S/C23H27F6N5O5S/c1-22(2,3)39-21(36)30-13(7-12-8-15(25)16(26)10-14(12)24)9-18(35)33-5-6-34-17(11-33)19(32-40(4,37)38)31-20(34)23(27,28)29/h8,10,13,32H,5-7,9,11H2,1-4H3,(H,30,36). The van der Waals surface area contributed by atoms with Crippen molar-refractivity contribution in [2.75, 3.05) is 17.5 Å². The van der Waals surface area contributed by atoms with Crippen LogP contribution in [0, 0.1) is 17.5 Å². The van der Waals surface area contributed by atoms with Gasteiger partial charge in [-0.3, -0.25) is 9.52 Å². The Morgan fingerprint density at radius 1 is 1.07 bits per heavy atom. The van der Waals surface area contributed by atoms with Crippen molar-refractivity contribution in [1.82, 2.24) is 19.8 Å². The topological polar surface area (TPSA) is 123 Å². The van der Waals surface area contributed by atoms with Gasteiger partial charge in [0.25, 0.3) is 0 Å². The average Bonchev–Trinajstić information content (AvgIpc) is 3.12. The Bertz CT molecular complexity index is 1400. The molecule has 0 saturated heterocycles.